The smallest absolute Gasteiger partial charge is 0.240 e. The molecule has 0 saturated heterocycles. The summed E-state index contributed by atoms with van der Waals surface area (Å²) in [5, 5.41) is 18.7. The van der Waals surface area contributed by atoms with Gasteiger partial charge in [-0.3, -0.25) is 0 Å². The van der Waals surface area contributed by atoms with Gasteiger partial charge >= 0.3 is 0 Å². The molecule has 0 saturated carbocycles. The molecule has 0 fully saturated rings. The number of nitrogens with one attached hydrogen (secondary N) is 1. The summed E-state index contributed by atoms with van der Waals surface area (Å²) in [7, 11) is -3.76. The molecule has 0 amide bonds. The summed E-state index contributed by atoms with van der Waals surface area (Å²) in [5.41, 5.74) is 0.117. The number of halogens is 1. The molecule has 0 radical (unpaired) electrons. The van der Waals surface area contributed by atoms with Gasteiger partial charge in [0.2, 0.25) is 10.0 Å². The molecule has 1 atom stereocenters. The van der Waals surface area contributed by atoms with Crippen molar-refractivity contribution in [2.45, 2.75) is 38.2 Å². The molecule has 2 N–H and O–H groups in total. The number of benzene rings is 1. The van der Waals surface area contributed by atoms with Gasteiger partial charge in [0.15, 0.2) is 0 Å². The summed E-state index contributed by atoms with van der Waals surface area (Å²) in [6, 6.07) is 5.74. The van der Waals surface area contributed by atoms with Crippen LogP contribution in [0.25, 0.3) is 0 Å². The first-order valence-electron chi connectivity index (χ1n) is 6.42. The molecule has 0 heterocycles. The second-order valence-electron chi connectivity index (χ2n) is 6.02. The number of aliphatic hydroxyl groups is 1. The molecule has 1 unspecified atom stereocenters. The Labute approximate surface area is 130 Å². The Morgan fingerprint density at radius 2 is 2.05 bits per heavy atom. The lowest BCUT2D eigenvalue weighted by Crippen LogP contribution is -2.34. The average molecular weight is 331 g/mol. The summed E-state index contributed by atoms with van der Waals surface area (Å²) in [5.74, 6) is 0. The molecule has 5 nitrogen and oxygen atoms in total. The zero-order valence-corrected chi connectivity index (χ0v) is 13.8. The Hall–Kier alpha value is -1.13. The van der Waals surface area contributed by atoms with Gasteiger partial charge in [-0.25, -0.2) is 13.1 Å². The highest BCUT2D eigenvalue weighted by molar-refractivity contribution is 7.89. The lowest BCUT2D eigenvalue weighted by Gasteiger charge is -2.22. The van der Waals surface area contributed by atoms with Crippen molar-refractivity contribution < 1.29 is 13.5 Å². The first-order chi connectivity index (χ1) is 9.55. The van der Waals surface area contributed by atoms with E-state index < -0.39 is 16.1 Å². The minimum Gasteiger partial charge on any atom is -0.392 e. The Morgan fingerprint density at radius 3 is 2.52 bits per heavy atom. The third kappa shape index (κ3) is 5.64. The van der Waals surface area contributed by atoms with Crippen molar-refractivity contribution in [2.75, 3.05) is 6.54 Å². The first-order valence-corrected chi connectivity index (χ1v) is 8.29. The normalized spacial score (nSPS) is 13.7. The van der Waals surface area contributed by atoms with Gasteiger partial charge in [0, 0.05) is 6.54 Å². The lowest BCUT2D eigenvalue weighted by molar-refractivity contribution is 0.125. The van der Waals surface area contributed by atoms with E-state index in [0.717, 1.165) is 0 Å². The fraction of sp³-hybridized carbons (Fsp3) is 0.500. The van der Waals surface area contributed by atoms with Crippen LogP contribution in [0.3, 0.4) is 0 Å². The van der Waals surface area contributed by atoms with Crippen LogP contribution in [0, 0.1) is 16.7 Å². The fourth-order valence-corrected chi connectivity index (χ4v) is 3.21. The highest BCUT2D eigenvalue weighted by Gasteiger charge is 2.20. The van der Waals surface area contributed by atoms with Crippen LogP contribution in [-0.4, -0.2) is 26.2 Å². The van der Waals surface area contributed by atoms with Crippen molar-refractivity contribution in [3.63, 3.8) is 0 Å². The Bertz CT molecular complexity index is 645. The maximum Gasteiger partial charge on any atom is 0.240 e. The van der Waals surface area contributed by atoms with Gasteiger partial charge in [0.05, 0.1) is 21.6 Å². The summed E-state index contributed by atoms with van der Waals surface area (Å²) < 4.78 is 26.5. The zero-order valence-electron chi connectivity index (χ0n) is 12.2. The van der Waals surface area contributed by atoms with E-state index in [1.165, 1.54) is 18.2 Å². The van der Waals surface area contributed by atoms with Crippen molar-refractivity contribution in [3.05, 3.63) is 28.8 Å². The monoisotopic (exact) mass is 330 g/mol. The van der Waals surface area contributed by atoms with Gasteiger partial charge in [-0.2, -0.15) is 5.26 Å². The van der Waals surface area contributed by atoms with E-state index >= 15 is 0 Å². The molecule has 0 aromatic heterocycles. The Kier molecular flexibility index (Phi) is 5.76. The lowest BCUT2D eigenvalue weighted by atomic mass is 9.89. The highest BCUT2D eigenvalue weighted by Crippen LogP contribution is 2.22. The predicted octanol–water partition coefficient (Wildman–Crippen LogP) is 2.29. The summed E-state index contributed by atoms with van der Waals surface area (Å²) in [4.78, 5) is -0.0329. The topological polar surface area (TPSA) is 90.2 Å². The minimum absolute atomic E-state index is 0.0329. The molecule has 7 heteroatoms. The molecule has 0 aliphatic rings. The van der Waals surface area contributed by atoms with Crippen LogP contribution in [0.2, 0.25) is 5.02 Å². The van der Waals surface area contributed by atoms with E-state index in [0.29, 0.717) is 6.42 Å². The predicted molar refractivity (Wildman–Crippen MR) is 81.4 cm³/mol. The molecule has 0 aliphatic carbocycles. The molecule has 0 spiro atoms. The van der Waals surface area contributed by atoms with Crippen LogP contribution < -0.4 is 4.72 Å². The van der Waals surface area contributed by atoms with Crippen LogP contribution in [0.1, 0.15) is 32.8 Å². The SMILES string of the molecule is CC(C)(C)CC(O)CNS(=O)(=O)c1ccc(C#N)c(Cl)c1. The molecule has 0 aliphatic heterocycles. The van der Waals surface area contributed by atoms with E-state index in [1.54, 1.807) is 0 Å². The number of hydrogen-bond donors (Lipinski definition) is 2. The largest absolute Gasteiger partial charge is 0.392 e. The second kappa shape index (κ2) is 6.75. The van der Waals surface area contributed by atoms with Gasteiger partial charge < -0.3 is 5.11 Å². The number of nitriles is 1. The van der Waals surface area contributed by atoms with Crippen molar-refractivity contribution in [2.24, 2.45) is 5.41 Å². The maximum absolute atomic E-state index is 12.1. The molecule has 116 valence electrons. The van der Waals surface area contributed by atoms with Crippen molar-refractivity contribution in [1.82, 2.24) is 4.72 Å². The zero-order chi connectivity index (χ0) is 16.3. The average Bonchev–Trinajstić information content (AvgIpc) is 2.34. The van der Waals surface area contributed by atoms with Crippen molar-refractivity contribution >= 4 is 21.6 Å². The van der Waals surface area contributed by atoms with Crippen LogP contribution in [0.4, 0.5) is 0 Å². The van der Waals surface area contributed by atoms with E-state index in [1.807, 2.05) is 26.8 Å². The molecular weight excluding hydrogens is 312 g/mol. The van der Waals surface area contributed by atoms with Gasteiger partial charge in [0.1, 0.15) is 6.07 Å². The number of rotatable bonds is 5. The second-order valence-corrected chi connectivity index (χ2v) is 8.20. The van der Waals surface area contributed by atoms with Crippen LogP contribution in [0.5, 0.6) is 0 Å². The number of aliphatic hydroxyl groups excluding tert-OH is 1. The maximum atomic E-state index is 12.1. The summed E-state index contributed by atoms with van der Waals surface area (Å²) in [6.45, 7) is 5.82. The van der Waals surface area contributed by atoms with E-state index in [2.05, 4.69) is 4.72 Å². The van der Waals surface area contributed by atoms with E-state index in [9.17, 15) is 13.5 Å². The molecule has 1 rings (SSSR count). The van der Waals surface area contributed by atoms with Gasteiger partial charge in [-0.1, -0.05) is 32.4 Å². The van der Waals surface area contributed by atoms with Crippen LogP contribution in [-0.2, 0) is 10.0 Å². The molecule has 0 bridgehead atoms. The number of hydrogen-bond acceptors (Lipinski definition) is 4. The highest BCUT2D eigenvalue weighted by atomic mass is 35.5. The van der Waals surface area contributed by atoms with Crippen molar-refractivity contribution in [3.8, 4) is 6.07 Å². The molecule has 1 aromatic rings. The minimum atomic E-state index is -3.76. The third-order valence-electron chi connectivity index (χ3n) is 2.73. The Balaban J connectivity index is 2.79. The van der Waals surface area contributed by atoms with Crippen LogP contribution >= 0.6 is 11.6 Å². The Morgan fingerprint density at radius 1 is 1.43 bits per heavy atom. The van der Waals surface area contributed by atoms with Crippen LogP contribution in [0.15, 0.2) is 23.1 Å². The summed E-state index contributed by atoms with van der Waals surface area (Å²) >= 11 is 5.82. The standard InChI is InChI=1S/C14H19ClN2O3S/c1-14(2,3)7-11(18)9-17-21(19,20)12-5-4-10(8-16)13(15)6-12/h4-6,11,17-18H,7,9H2,1-3H3. The fourth-order valence-electron chi connectivity index (χ4n) is 1.82. The molecule has 1 aromatic carbocycles. The number of nitrogens with zero attached hydrogens (tertiary/aromatic N) is 1. The molecular formula is C14H19ClN2O3S. The van der Waals surface area contributed by atoms with Crippen molar-refractivity contribution in [1.29, 1.82) is 5.26 Å². The van der Waals surface area contributed by atoms with Gasteiger partial charge in [-0.15, -0.1) is 0 Å². The molecule has 21 heavy (non-hydrogen) atoms. The quantitative estimate of drug-likeness (QED) is 0.866. The van der Waals surface area contributed by atoms with Gasteiger partial charge in [0.25, 0.3) is 0 Å². The van der Waals surface area contributed by atoms with E-state index in [4.69, 9.17) is 16.9 Å². The summed E-state index contributed by atoms with van der Waals surface area (Å²) in [6.07, 6.45) is -0.294. The van der Waals surface area contributed by atoms with E-state index in [-0.39, 0.29) is 27.4 Å². The first kappa shape index (κ1) is 17.9. The third-order valence-corrected chi connectivity index (χ3v) is 4.46. The number of sulfonamides is 1. The van der Waals surface area contributed by atoms with Gasteiger partial charge in [-0.05, 0) is 30.0 Å².